The topological polar surface area (TPSA) is 17.1 Å². The first-order valence-corrected chi connectivity index (χ1v) is 4.64. The fourth-order valence-corrected chi connectivity index (χ4v) is 1.48. The van der Waals surface area contributed by atoms with Crippen LogP contribution in [0.5, 0.6) is 0 Å². The highest BCUT2D eigenvalue weighted by molar-refractivity contribution is 8.14. The average Bonchev–Trinajstić information content (AvgIpc) is 2.18. The van der Waals surface area contributed by atoms with Crippen LogP contribution in [0, 0.1) is 0 Å². The molecule has 0 saturated carbocycles. The number of halogens is 1. The molecule has 0 N–H and O–H groups in total. The maximum absolute atomic E-state index is 12.7. The Labute approximate surface area is 80.7 Å². The van der Waals surface area contributed by atoms with Gasteiger partial charge in [-0.25, -0.2) is 4.39 Å². The van der Waals surface area contributed by atoms with Crippen LogP contribution in [0.3, 0.4) is 0 Å². The van der Waals surface area contributed by atoms with E-state index in [9.17, 15) is 9.18 Å². The van der Waals surface area contributed by atoms with Crippen LogP contribution in [0.15, 0.2) is 47.1 Å². The van der Waals surface area contributed by atoms with Crippen LogP contribution in [0.4, 0.5) is 4.39 Å². The SMILES string of the molecule is C/C=C(/F)C(=O)Sc1ccccc1. The van der Waals surface area contributed by atoms with Crippen molar-refractivity contribution < 1.29 is 9.18 Å². The van der Waals surface area contributed by atoms with Gasteiger partial charge in [0.15, 0.2) is 5.83 Å². The van der Waals surface area contributed by atoms with E-state index < -0.39 is 10.9 Å². The molecule has 0 fully saturated rings. The molecule has 0 aromatic heterocycles. The molecule has 13 heavy (non-hydrogen) atoms. The Morgan fingerprint density at radius 2 is 2.00 bits per heavy atom. The summed E-state index contributed by atoms with van der Waals surface area (Å²) in [6, 6.07) is 9.00. The van der Waals surface area contributed by atoms with E-state index in [1.807, 2.05) is 18.2 Å². The number of hydrogen-bond donors (Lipinski definition) is 0. The third-order valence-electron chi connectivity index (χ3n) is 1.40. The van der Waals surface area contributed by atoms with Crippen LogP contribution in [0.2, 0.25) is 0 Å². The fraction of sp³-hybridized carbons (Fsp3) is 0.100. The van der Waals surface area contributed by atoms with E-state index in [1.54, 1.807) is 12.1 Å². The highest BCUT2D eigenvalue weighted by atomic mass is 32.2. The Hall–Kier alpha value is -1.09. The lowest BCUT2D eigenvalue weighted by atomic mass is 10.4. The van der Waals surface area contributed by atoms with E-state index in [2.05, 4.69) is 0 Å². The summed E-state index contributed by atoms with van der Waals surface area (Å²) < 4.78 is 12.7. The number of hydrogen-bond acceptors (Lipinski definition) is 2. The van der Waals surface area contributed by atoms with E-state index in [1.165, 1.54) is 6.92 Å². The number of thioether (sulfide) groups is 1. The van der Waals surface area contributed by atoms with Gasteiger partial charge in [-0.15, -0.1) is 0 Å². The summed E-state index contributed by atoms with van der Waals surface area (Å²) in [7, 11) is 0. The number of carbonyl (C=O) groups is 1. The Morgan fingerprint density at radius 1 is 1.38 bits per heavy atom. The molecule has 0 aliphatic carbocycles. The van der Waals surface area contributed by atoms with Crippen molar-refractivity contribution in [3.05, 3.63) is 42.2 Å². The van der Waals surface area contributed by atoms with Gasteiger partial charge < -0.3 is 0 Å². The molecule has 1 rings (SSSR count). The second-order valence-electron chi connectivity index (χ2n) is 2.34. The van der Waals surface area contributed by atoms with Crippen molar-refractivity contribution in [3.63, 3.8) is 0 Å². The zero-order chi connectivity index (χ0) is 9.68. The van der Waals surface area contributed by atoms with Gasteiger partial charge in [-0.1, -0.05) is 18.2 Å². The van der Waals surface area contributed by atoms with Crippen LogP contribution in [0.1, 0.15) is 6.92 Å². The predicted molar refractivity (Wildman–Crippen MR) is 52.2 cm³/mol. The summed E-state index contributed by atoms with van der Waals surface area (Å²) in [6.45, 7) is 1.50. The molecule has 0 amide bonds. The summed E-state index contributed by atoms with van der Waals surface area (Å²) in [5.41, 5.74) is 0. The van der Waals surface area contributed by atoms with E-state index in [-0.39, 0.29) is 0 Å². The normalized spacial score (nSPS) is 11.4. The maximum Gasteiger partial charge on any atom is 0.252 e. The number of benzene rings is 1. The van der Waals surface area contributed by atoms with Crippen molar-refractivity contribution in [2.24, 2.45) is 0 Å². The fourth-order valence-electron chi connectivity index (χ4n) is 0.762. The molecular formula is C10H9FOS. The van der Waals surface area contributed by atoms with Gasteiger partial charge in [-0.05, 0) is 36.9 Å². The highest BCUT2D eigenvalue weighted by Crippen LogP contribution is 2.21. The lowest BCUT2D eigenvalue weighted by molar-refractivity contribution is -0.109. The highest BCUT2D eigenvalue weighted by Gasteiger charge is 2.08. The van der Waals surface area contributed by atoms with Crippen LogP contribution in [-0.4, -0.2) is 5.12 Å². The van der Waals surface area contributed by atoms with Crippen molar-refractivity contribution in [1.29, 1.82) is 0 Å². The van der Waals surface area contributed by atoms with Gasteiger partial charge in [0.2, 0.25) is 0 Å². The Bertz CT molecular complexity index is 319. The molecule has 1 aromatic rings. The van der Waals surface area contributed by atoms with E-state index in [4.69, 9.17) is 0 Å². The molecule has 1 nitrogen and oxygen atoms in total. The third-order valence-corrected chi connectivity index (χ3v) is 2.29. The summed E-state index contributed by atoms with van der Waals surface area (Å²) >= 11 is 0.894. The molecule has 0 atom stereocenters. The van der Waals surface area contributed by atoms with Crippen molar-refractivity contribution in [2.75, 3.05) is 0 Å². The minimum absolute atomic E-state index is 0.547. The first-order chi connectivity index (χ1) is 6.24. The largest absolute Gasteiger partial charge is 0.279 e. The first kappa shape index (κ1) is 9.99. The molecule has 0 bridgehead atoms. The Kier molecular flexibility index (Phi) is 3.71. The van der Waals surface area contributed by atoms with Gasteiger partial charge in [0.05, 0.1) is 0 Å². The van der Waals surface area contributed by atoms with Crippen LogP contribution < -0.4 is 0 Å². The lowest BCUT2D eigenvalue weighted by Gasteiger charge is -1.96. The van der Waals surface area contributed by atoms with Crippen LogP contribution in [-0.2, 0) is 4.79 Å². The molecule has 0 spiro atoms. The predicted octanol–water partition coefficient (Wildman–Crippen LogP) is 3.18. The second kappa shape index (κ2) is 4.82. The summed E-state index contributed by atoms with van der Waals surface area (Å²) in [6.07, 6.45) is 1.16. The molecule has 0 aliphatic rings. The van der Waals surface area contributed by atoms with Crippen LogP contribution >= 0.6 is 11.8 Å². The zero-order valence-electron chi connectivity index (χ0n) is 7.16. The smallest absolute Gasteiger partial charge is 0.252 e. The molecule has 0 heterocycles. The lowest BCUT2D eigenvalue weighted by Crippen LogP contribution is -1.90. The van der Waals surface area contributed by atoms with Crippen molar-refractivity contribution in [2.45, 2.75) is 11.8 Å². The number of allylic oxidation sites excluding steroid dienone is 1. The van der Waals surface area contributed by atoms with Crippen molar-refractivity contribution >= 4 is 16.9 Å². The van der Waals surface area contributed by atoms with Gasteiger partial charge in [0.1, 0.15) is 0 Å². The van der Waals surface area contributed by atoms with Crippen LogP contribution in [0.25, 0.3) is 0 Å². The number of rotatable bonds is 2. The molecule has 0 aliphatic heterocycles. The zero-order valence-corrected chi connectivity index (χ0v) is 7.98. The summed E-state index contributed by atoms with van der Waals surface area (Å²) in [5.74, 6) is -0.700. The molecule has 0 radical (unpaired) electrons. The van der Waals surface area contributed by atoms with Gasteiger partial charge in [0, 0.05) is 4.90 Å². The molecule has 0 unspecified atom stereocenters. The van der Waals surface area contributed by atoms with Gasteiger partial charge in [-0.3, -0.25) is 4.79 Å². The average molecular weight is 196 g/mol. The quantitative estimate of drug-likeness (QED) is 0.533. The minimum Gasteiger partial charge on any atom is -0.279 e. The monoisotopic (exact) mass is 196 g/mol. The van der Waals surface area contributed by atoms with Gasteiger partial charge >= 0.3 is 0 Å². The minimum atomic E-state index is -0.700. The molecule has 68 valence electrons. The van der Waals surface area contributed by atoms with E-state index in [0.29, 0.717) is 0 Å². The second-order valence-corrected chi connectivity index (χ2v) is 3.39. The van der Waals surface area contributed by atoms with Crippen molar-refractivity contribution in [1.82, 2.24) is 0 Å². The van der Waals surface area contributed by atoms with Gasteiger partial charge in [-0.2, -0.15) is 0 Å². The molecule has 3 heteroatoms. The summed E-state index contributed by atoms with van der Waals surface area (Å²) in [5, 5.41) is -0.547. The molecular weight excluding hydrogens is 187 g/mol. The number of carbonyl (C=O) groups excluding carboxylic acids is 1. The maximum atomic E-state index is 12.7. The van der Waals surface area contributed by atoms with E-state index in [0.717, 1.165) is 22.7 Å². The first-order valence-electron chi connectivity index (χ1n) is 3.83. The van der Waals surface area contributed by atoms with E-state index >= 15 is 0 Å². The Morgan fingerprint density at radius 3 is 2.54 bits per heavy atom. The van der Waals surface area contributed by atoms with Gasteiger partial charge in [0.25, 0.3) is 5.12 Å². The third kappa shape index (κ3) is 3.03. The molecule has 1 aromatic carbocycles. The molecule has 0 saturated heterocycles. The Balaban J connectivity index is 2.66. The standard InChI is InChI=1S/C10H9FOS/c1-2-9(11)10(12)13-8-6-4-3-5-7-8/h2-7H,1H3/b9-2+. The summed E-state index contributed by atoms with van der Waals surface area (Å²) in [4.78, 5) is 11.8. The van der Waals surface area contributed by atoms with Crippen molar-refractivity contribution in [3.8, 4) is 0 Å².